The van der Waals surface area contributed by atoms with E-state index in [2.05, 4.69) is 32.6 Å². The van der Waals surface area contributed by atoms with Crippen LogP contribution in [-0.2, 0) is 0 Å². The van der Waals surface area contributed by atoms with Crippen LogP contribution in [0.1, 0.15) is 92.4 Å². The fourth-order valence-corrected chi connectivity index (χ4v) is 6.91. The summed E-state index contributed by atoms with van der Waals surface area (Å²) in [5, 5.41) is 30.7. The van der Waals surface area contributed by atoms with Crippen molar-refractivity contribution < 1.29 is 15.3 Å². The Balaban J connectivity index is 1.71. The molecule has 3 nitrogen and oxygen atoms in total. The molecule has 0 radical (unpaired) electrons. The number of fused-ring (bicyclic) bond motifs is 1. The van der Waals surface area contributed by atoms with Gasteiger partial charge in [0.05, 0.1) is 17.8 Å². The second kappa shape index (κ2) is 9.53. The average Bonchev–Trinajstić information content (AvgIpc) is 3.04. The molecule has 3 rings (SSSR count). The van der Waals surface area contributed by atoms with Gasteiger partial charge in [-0.15, -0.1) is 0 Å². The molecule has 3 aliphatic rings. The van der Waals surface area contributed by atoms with Crippen molar-refractivity contribution in [2.45, 2.75) is 110 Å². The van der Waals surface area contributed by atoms with E-state index in [1.807, 2.05) is 20.8 Å². The Morgan fingerprint density at radius 2 is 1.94 bits per heavy atom. The second-order valence-corrected chi connectivity index (χ2v) is 11.8. The quantitative estimate of drug-likeness (QED) is 0.488. The molecule has 0 aromatic carbocycles. The van der Waals surface area contributed by atoms with Crippen LogP contribution in [0.5, 0.6) is 0 Å². The van der Waals surface area contributed by atoms with Gasteiger partial charge in [0.2, 0.25) is 0 Å². The van der Waals surface area contributed by atoms with Gasteiger partial charge in [-0.05, 0) is 93.1 Å². The lowest BCUT2D eigenvalue weighted by atomic mass is 9.60. The van der Waals surface area contributed by atoms with Gasteiger partial charge in [-0.1, -0.05) is 57.9 Å². The molecule has 176 valence electrons. The minimum atomic E-state index is -0.648. The lowest BCUT2D eigenvalue weighted by Crippen LogP contribution is -2.36. The molecule has 0 bridgehead atoms. The molecule has 0 aliphatic heterocycles. The summed E-state index contributed by atoms with van der Waals surface area (Å²) >= 11 is 0. The number of hydrogen-bond donors (Lipinski definition) is 3. The Kier molecular flexibility index (Phi) is 7.61. The minimum Gasteiger partial charge on any atom is -0.392 e. The van der Waals surface area contributed by atoms with Gasteiger partial charge in [-0.25, -0.2) is 0 Å². The number of aliphatic hydroxyl groups is 3. The maximum atomic E-state index is 10.4. The lowest BCUT2D eigenvalue weighted by molar-refractivity contribution is 0.0283. The molecule has 3 aliphatic carbocycles. The first-order valence-corrected chi connectivity index (χ1v) is 12.6. The zero-order valence-corrected chi connectivity index (χ0v) is 20.5. The molecule has 3 N–H and O–H groups in total. The Hall–Kier alpha value is -0.900. The van der Waals surface area contributed by atoms with Crippen molar-refractivity contribution in [3.8, 4) is 0 Å². The zero-order valence-electron chi connectivity index (χ0n) is 20.5. The fourth-order valence-electron chi connectivity index (χ4n) is 6.91. The van der Waals surface area contributed by atoms with Gasteiger partial charge in [-0.2, -0.15) is 0 Å². The minimum absolute atomic E-state index is 0.149. The van der Waals surface area contributed by atoms with Crippen LogP contribution in [0.3, 0.4) is 0 Å². The molecule has 3 heteroatoms. The molecule has 0 amide bonds. The molecule has 0 aromatic heterocycles. The Bertz CT molecular complexity index is 712. The van der Waals surface area contributed by atoms with Gasteiger partial charge < -0.3 is 15.3 Å². The van der Waals surface area contributed by atoms with E-state index in [9.17, 15) is 15.3 Å². The predicted octanol–water partition coefficient (Wildman–Crippen LogP) is 5.95. The van der Waals surface area contributed by atoms with Crippen LogP contribution >= 0.6 is 0 Å². The Labute approximate surface area is 190 Å². The third-order valence-electron chi connectivity index (χ3n) is 8.97. The zero-order chi connectivity index (χ0) is 23.0. The first-order chi connectivity index (χ1) is 14.4. The highest BCUT2D eigenvalue weighted by Crippen LogP contribution is 2.60. The van der Waals surface area contributed by atoms with E-state index in [1.54, 1.807) is 5.57 Å². The predicted molar refractivity (Wildman–Crippen MR) is 129 cm³/mol. The smallest absolute Gasteiger partial charge is 0.0837 e. The third kappa shape index (κ3) is 5.37. The van der Waals surface area contributed by atoms with Gasteiger partial charge in [0.25, 0.3) is 0 Å². The number of aliphatic hydroxyl groups excluding tert-OH is 2. The summed E-state index contributed by atoms with van der Waals surface area (Å²) in [4.78, 5) is 0. The van der Waals surface area contributed by atoms with E-state index in [1.165, 1.54) is 32.1 Å². The monoisotopic (exact) mass is 430 g/mol. The maximum Gasteiger partial charge on any atom is 0.0837 e. The summed E-state index contributed by atoms with van der Waals surface area (Å²) in [6.45, 7) is 14.8. The van der Waals surface area contributed by atoms with Crippen LogP contribution < -0.4 is 0 Å². The van der Waals surface area contributed by atoms with Crippen LogP contribution in [0.25, 0.3) is 0 Å². The number of hydrogen-bond acceptors (Lipinski definition) is 3. The molecule has 7 atom stereocenters. The summed E-state index contributed by atoms with van der Waals surface area (Å²) in [6, 6.07) is 0. The summed E-state index contributed by atoms with van der Waals surface area (Å²) in [6.07, 6.45) is 13.4. The van der Waals surface area contributed by atoms with E-state index >= 15 is 0 Å². The molecule has 0 heterocycles. The molecule has 31 heavy (non-hydrogen) atoms. The van der Waals surface area contributed by atoms with Gasteiger partial charge >= 0.3 is 0 Å². The van der Waals surface area contributed by atoms with Gasteiger partial charge in [0, 0.05) is 5.92 Å². The SMILES string of the molecule is C=C1/C(=C/C=C2\CCC[C@]3(C)[C@@H]([C@@H](C)CCCC(C)(C)O)CC[C@@H]23)C[C@H](O)[C@@H](C)[C@@H]1O. The highest BCUT2D eigenvalue weighted by molar-refractivity contribution is 5.39. The summed E-state index contributed by atoms with van der Waals surface area (Å²) in [5.41, 5.74) is 3.15. The van der Waals surface area contributed by atoms with Crippen molar-refractivity contribution in [2.75, 3.05) is 0 Å². The highest BCUT2D eigenvalue weighted by Gasteiger charge is 2.50. The van der Waals surface area contributed by atoms with Crippen molar-refractivity contribution >= 4 is 0 Å². The fraction of sp³-hybridized carbons (Fsp3) is 0.786. The van der Waals surface area contributed by atoms with Crippen LogP contribution in [-0.4, -0.2) is 33.1 Å². The summed E-state index contributed by atoms with van der Waals surface area (Å²) < 4.78 is 0. The van der Waals surface area contributed by atoms with E-state index in [0.717, 1.165) is 36.3 Å². The van der Waals surface area contributed by atoms with E-state index in [-0.39, 0.29) is 5.92 Å². The van der Waals surface area contributed by atoms with Crippen molar-refractivity contribution in [3.63, 3.8) is 0 Å². The lowest BCUT2D eigenvalue weighted by Gasteiger charge is -2.44. The summed E-state index contributed by atoms with van der Waals surface area (Å²) in [5.74, 6) is 1.94. The van der Waals surface area contributed by atoms with Crippen molar-refractivity contribution in [2.24, 2.45) is 29.1 Å². The van der Waals surface area contributed by atoms with Crippen molar-refractivity contribution in [1.29, 1.82) is 0 Å². The van der Waals surface area contributed by atoms with Gasteiger partial charge in [-0.3, -0.25) is 0 Å². The topological polar surface area (TPSA) is 60.7 Å². The van der Waals surface area contributed by atoms with E-state index in [4.69, 9.17) is 0 Å². The molecule has 0 unspecified atom stereocenters. The van der Waals surface area contributed by atoms with E-state index < -0.39 is 17.8 Å². The Morgan fingerprint density at radius 3 is 2.61 bits per heavy atom. The van der Waals surface area contributed by atoms with Crippen molar-refractivity contribution in [3.05, 3.63) is 35.5 Å². The first kappa shape index (κ1) is 24.7. The number of rotatable bonds is 6. The highest BCUT2D eigenvalue weighted by atomic mass is 16.3. The first-order valence-electron chi connectivity index (χ1n) is 12.6. The summed E-state index contributed by atoms with van der Waals surface area (Å²) in [7, 11) is 0. The van der Waals surface area contributed by atoms with Crippen LogP contribution in [0, 0.1) is 29.1 Å². The van der Waals surface area contributed by atoms with E-state index in [0.29, 0.717) is 23.7 Å². The molecule has 0 aromatic rings. The van der Waals surface area contributed by atoms with Gasteiger partial charge in [0.15, 0.2) is 0 Å². The normalized spacial score (nSPS) is 40.4. The number of allylic oxidation sites excluding steroid dienone is 3. The van der Waals surface area contributed by atoms with Crippen molar-refractivity contribution in [1.82, 2.24) is 0 Å². The van der Waals surface area contributed by atoms with Crippen LogP contribution in [0.4, 0.5) is 0 Å². The standard InChI is InChI=1S/C28H46O3/c1-18(9-7-15-27(4,5)31)23-13-14-24-21(10-8-16-28(23,24)6)11-12-22-17-25(29)20(3)26(30)19(22)2/h11-12,18,20,23-26,29-31H,2,7-10,13-17H2,1,3-6H3/b21-11+,22-12+/t18-,20+,23+,24-,25-,26+,28+/m0/s1. The third-order valence-corrected chi connectivity index (χ3v) is 8.97. The molecule has 3 saturated carbocycles. The molecule has 0 saturated heterocycles. The van der Waals surface area contributed by atoms with Crippen LogP contribution in [0.15, 0.2) is 35.5 Å². The average molecular weight is 431 g/mol. The van der Waals surface area contributed by atoms with Gasteiger partial charge in [0.1, 0.15) is 0 Å². The molecule has 0 spiro atoms. The molecular formula is C28H46O3. The molecular weight excluding hydrogens is 384 g/mol. The maximum absolute atomic E-state index is 10.4. The second-order valence-electron chi connectivity index (χ2n) is 11.8. The Morgan fingerprint density at radius 1 is 1.23 bits per heavy atom. The van der Waals surface area contributed by atoms with Crippen LogP contribution in [0.2, 0.25) is 0 Å². The molecule has 3 fully saturated rings. The largest absolute Gasteiger partial charge is 0.392 e.